The normalized spacial score (nSPS) is 18.5. The number of anilines is 1. The standard InChI is InChI=1S/C12H12F3N3O3/c13-12(14,15)7-3-4-8(10(6-7)18(20)21)17-11(19)9-2-1-5-16-9/h3-4,6,9,16H,1-2,5H2,(H,17,19)/t9-/m0/s1. The van der Waals surface area contributed by atoms with Gasteiger partial charge in [0.2, 0.25) is 5.91 Å². The van der Waals surface area contributed by atoms with Crippen LogP contribution in [-0.2, 0) is 11.0 Å². The van der Waals surface area contributed by atoms with Crippen LogP contribution in [0.2, 0.25) is 0 Å². The second-order valence-electron chi connectivity index (χ2n) is 4.62. The van der Waals surface area contributed by atoms with Gasteiger partial charge in [-0.05, 0) is 31.5 Å². The summed E-state index contributed by atoms with van der Waals surface area (Å²) in [6.45, 7) is 0.660. The third-order valence-corrected chi connectivity index (χ3v) is 3.16. The molecule has 6 nitrogen and oxygen atoms in total. The predicted molar refractivity (Wildman–Crippen MR) is 67.8 cm³/mol. The lowest BCUT2D eigenvalue weighted by molar-refractivity contribution is -0.384. The summed E-state index contributed by atoms with van der Waals surface area (Å²) in [6.07, 6.45) is -3.30. The summed E-state index contributed by atoms with van der Waals surface area (Å²) >= 11 is 0. The third-order valence-electron chi connectivity index (χ3n) is 3.16. The number of carbonyl (C=O) groups excluding carboxylic acids is 1. The molecule has 0 radical (unpaired) electrons. The number of rotatable bonds is 3. The first-order valence-corrected chi connectivity index (χ1v) is 6.19. The molecule has 2 rings (SSSR count). The lowest BCUT2D eigenvalue weighted by atomic mass is 10.1. The van der Waals surface area contributed by atoms with Crippen LogP contribution in [0.25, 0.3) is 0 Å². The van der Waals surface area contributed by atoms with Gasteiger partial charge in [-0.25, -0.2) is 0 Å². The number of nitro benzene ring substituents is 1. The summed E-state index contributed by atoms with van der Waals surface area (Å²) < 4.78 is 37.7. The molecule has 1 atom stereocenters. The summed E-state index contributed by atoms with van der Waals surface area (Å²) in [5, 5.41) is 16.1. The van der Waals surface area contributed by atoms with Crippen molar-refractivity contribution in [2.75, 3.05) is 11.9 Å². The Labute approximate surface area is 117 Å². The number of halogens is 3. The molecule has 0 saturated carbocycles. The zero-order valence-corrected chi connectivity index (χ0v) is 10.7. The van der Waals surface area contributed by atoms with Crippen molar-refractivity contribution in [2.24, 2.45) is 0 Å². The molecule has 0 aliphatic carbocycles. The maximum atomic E-state index is 12.6. The van der Waals surface area contributed by atoms with Crippen molar-refractivity contribution in [3.63, 3.8) is 0 Å². The number of hydrogen-bond donors (Lipinski definition) is 2. The van der Waals surface area contributed by atoms with Crippen LogP contribution in [0.15, 0.2) is 18.2 Å². The van der Waals surface area contributed by atoms with E-state index < -0.39 is 34.3 Å². The molecule has 1 heterocycles. The fourth-order valence-corrected chi connectivity index (χ4v) is 2.09. The van der Waals surface area contributed by atoms with E-state index in [1.807, 2.05) is 0 Å². The van der Waals surface area contributed by atoms with Crippen LogP contribution in [0.1, 0.15) is 18.4 Å². The average Bonchev–Trinajstić information content (AvgIpc) is 2.91. The molecule has 0 unspecified atom stereocenters. The maximum absolute atomic E-state index is 12.6. The highest BCUT2D eigenvalue weighted by atomic mass is 19.4. The van der Waals surface area contributed by atoms with E-state index in [2.05, 4.69) is 10.6 Å². The van der Waals surface area contributed by atoms with E-state index in [-0.39, 0.29) is 5.69 Å². The zero-order valence-electron chi connectivity index (χ0n) is 10.7. The minimum atomic E-state index is -4.68. The number of hydrogen-bond acceptors (Lipinski definition) is 4. The fraction of sp³-hybridized carbons (Fsp3) is 0.417. The second kappa shape index (κ2) is 5.68. The fourth-order valence-electron chi connectivity index (χ4n) is 2.09. The molecule has 1 saturated heterocycles. The van der Waals surface area contributed by atoms with Crippen LogP contribution in [0.4, 0.5) is 24.5 Å². The van der Waals surface area contributed by atoms with E-state index in [1.165, 1.54) is 0 Å². The molecule has 0 bridgehead atoms. The van der Waals surface area contributed by atoms with Crippen molar-refractivity contribution in [1.29, 1.82) is 0 Å². The van der Waals surface area contributed by atoms with Gasteiger partial charge in [-0.3, -0.25) is 14.9 Å². The largest absolute Gasteiger partial charge is 0.416 e. The Morgan fingerprint density at radius 2 is 2.14 bits per heavy atom. The van der Waals surface area contributed by atoms with Gasteiger partial charge in [-0.2, -0.15) is 13.2 Å². The van der Waals surface area contributed by atoms with Crippen molar-refractivity contribution < 1.29 is 22.9 Å². The van der Waals surface area contributed by atoms with Crippen LogP contribution in [-0.4, -0.2) is 23.4 Å². The molecule has 9 heteroatoms. The van der Waals surface area contributed by atoms with Gasteiger partial charge in [-0.15, -0.1) is 0 Å². The van der Waals surface area contributed by atoms with Crippen molar-refractivity contribution in [2.45, 2.75) is 25.1 Å². The van der Waals surface area contributed by atoms with Gasteiger partial charge in [0.1, 0.15) is 5.69 Å². The number of nitrogens with zero attached hydrogens (tertiary/aromatic N) is 1. The Balaban J connectivity index is 2.26. The molecular weight excluding hydrogens is 291 g/mol. The first-order chi connectivity index (χ1) is 9.79. The van der Waals surface area contributed by atoms with E-state index in [1.54, 1.807) is 0 Å². The molecule has 1 fully saturated rings. The number of alkyl halides is 3. The van der Waals surface area contributed by atoms with Crippen molar-refractivity contribution in [3.05, 3.63) is 33.9 Å². The van der Waals surface area contributed by atoms with Gasteiger partial charge < -0.3 is 10.6 Å². The molecule has 1 aromatic carbocycles. The highest BCUT2D eigenvalue weighted by Crippen LogP contribution is 2.35. The third kappa shape index (κ3) is 3.48. The number of carbonyl (C=O) groups is 1. The van der Waals surface area contributed by atoms with Crippen molar-refractivity contribution in [1.82, 2.24) is 5.32 Å². The van der Waals surface area contributed by atoms with Gasteiger partial charge in [-0.1, -0.05) is 0 Å². The quantitative estimate of drug-likeness (QED) is 0.663. The molecule has 0 aromatic heterocycles. The highest BCUT2D eigenvalue weighted by molar-refractivity contribution is 5.96. The van der Waals surface area contributed by atoms with Crippen molar-refractivity contribution in [3.8, 4) is 0 Å². The molecule has 114 valence electrons. The van der Waals surface area contributed by atoms with E-state index >= 15 is 0 Å². The van der Waals surface area contributed by atoms with Gasteiger partial charge in [0.05, 0.1) is 16.5 Å². The first kappa shape index (κ1) is 15.2. The second-order valence-corrected chi connectivity index (χ2v) is 4.62. The molecule has 1 aliphatic rings. The summed E-state index contributed by atoms with van der Waals surface area (Å²) in [5.41, 5.74) is -2.16. The van der Waals surface area contributed by atoms with Crippen LogP contribution in [0.3, 0.4) is 0 Å². The van der Waals surface area contributed by atoms with E-state index in [0.717, 1.165) is 12.5 Å². The Kier molecular flexibility index (Phi) is 4.12. The Hall–Kier alpha value is -2.16. The number of amides is 1. The summed E-state index contributed by atoms with van der Waals surface area (Å²) in [4.78, 5) is 21.8. The Morgan fingerprint density at radius 1 is 1.43 bits per heavy atom. The monoisotopic (exact) mass is 303 g/mol. The summed E-state index contributed by atoms with van der Waals surface area (Å²) in [5.74, 6) is -0.490. The summed E-state index contributed by atoms with van der Waals surface area (Å²) in [6, 6.07) is 1.53. The van der Waals surface area contributed by atoms with Gasteiger partial charge in [0.25, 0.3) is 5.69 Å². The molecular formula is C12H12F3N3O3. The SMILES string of the molecule is O=C(Nc1ccc(C(F)(F)F)cc1[N+](=O)[O-])[C@@H]1CCCN1. The van der Waals surface area contributed by atoms with Crippen molar-refractivity contribution >= 4 is 17.3 Å². The van der Waals surface area contributed by atoms with Crippen LogP contribution in [0.5, 0.6) is 0 Å². The number of nitro groups is 1. The summed E-state index contributed by atoms with van der Waals surface area (Å²) in [7, 11) is 0. The minimum absolute atomic E-state index is 0.244. The molecule has 2 N–H and O–H groups in total. The van der Waals surface area contributed by atoms with Gasteiger partial charge in [0.15, 0.2) is 0 Å². The first-order valence-electron chi connectivity index (χ1n) is 6.19. The van der Waals surface area contributed by atoms with Gasteiger partial charge >= 0.3 is 6.18 Å². The average molecular weight is 303 g/mol. The van der Waals surface area contributed by atoms with E-state index in [0.29, 0.717) is 25.1 Å². The zero-order chi connectivity index (χ0) is 15.6. The van der Waals surface area contributed by atoms with Gasteiger partial charge in [0, 0.05) is 6.07 Å². The lowest BCUT2D eigenvalue weighted by Crippen LogP contribution is -2.35. The smallest absolute Gasteiger partial charge is 0.319 e. The maximum Gasteiger partial charge on any atom is 0.416 e. The Morgan fingerprint density at radius 3 is 2.67 bits per heavy atom. The van der Waals surface area contributed by atoms with E-state index in [4.69, 9.17) is 0 Å². The predicted octanol–water partition coefficient (Wildman–Crippen LogP) is 2.30. The molecule has 1 aromatic rings. The van der Waals surface area contributed by atoms with Crippen LogP contribution in [0, 0.1) is 10.1 Å². The van der Waals surface area contributed by atoms with Crippen LogP contribution >= 0.6 is 0 Å². The Bertz CT molecular complexity index is 569. The van der Waals surface area contributed by atoms with Crippen LogP contribution < -0.4 is 10.6 Å². The lowest BCUT2D eigenvalue weighted by Gasteiger charge is -2.12. The molecule has 1 aliphatic heterocycles. The van der Waals surface area contributed by atoms with E-state index in [9.17, 15) is 28.1 Å². The number of benzene rings is 1. The highest BCUT2D eigenvalue weighted by Gasteiger charge is 2.33. The molecule has 1 amide bonds. The number of nitrogens with one attached hydrogen (secondary N) is 2. The molecule has 0 spiro atoms. The molecule has 21 heavy (non-hydrogen) atoms. The topological polar surface area (TPSA) is 84.3 Å². The minimum Gasteiger partial charge on any atom is -0.319 e.